The number of rotatable bonds is 10. The summed E-state index contributed by atoms with van der Waals surface area (Å²) in [7, 11) is 3.15. The summed E-state index contributed by atoms with van der Waals surface area (Å²) >= 11 is 0. The Morgan fingerprint density at radius 1 is 1.07 bits per heavy atom. The Labute approximate surface area is 169 Å². The highest BCUT2D eigenvalue weighted by atomic mass is 19.3. The van der Waals surface area contributed by atoms with Crippen LogP contribution in [0.2, 0.25) is 0 Å². The van der Waals surface area contributed by atoms with E-state index in [4.69, 9.17) is 9.47 Å². The molecule has 7 heteroatoms. The third-order valence-corrected chi connectivity index (χ3v) is 4.27. The van der Waals surface area contributed by atoms with Gasteiger partial charge in [-0.05, 0) is 43.0 Å². The van der Waals surface area contributed by atoms with E-state index in [9.17, 15) is 13.6 Å². The number of alkyl halides is 2. The van der Waals surface area contributed by atoms with E-state index in [1.165, 1.54) is 0 Å². The van der Waals surface area contributed by atoms with Crippen molar-refractivity contribution in [3.8, 4) is 11.5 Å². The Balaban J connectivity index is 1.96. The van der Waals surface area contributed by atoms with Crippen molar-refractivity contribution in [1.82, 2.24) is 5.32 Å². The molecule has 0 atom stereocenters. The Morgan fingerprint density at radius 2 is 1.76 bits per heavy atom. The van der Waals surface area contributed by atoms with Crippen LogP contribution in [0.1, 0.15) is 23.1 Å². The summed E-state index contributed by atoms with van der Waals surface area (Å²) in [6, 6.07) is 12.6. The first kappa shape index (κ1) is 22.2. The van der Waals surface area contributed by atoms with Crippen molar-refractivity contribution in [3.05, 3.63) is 65.4 Å². The van der Waals surface area contributed by atoms with Crippen molar-refractivity contribution in [2.24, 2.45) is 0 Å². The van der Waals surface area contributed by atoms with Crippen LogP contribution in [0, 0.1) is 6.92 Å². The minimum Gasteiger partial charge on any atom is -0.493 e. The van der Waals surface area contributed by atoms with Crippen molar-refractivity contribution in [3.63, 3.8) is 0 Å². The standard InChI is InChI=1S/C22H25F2NO4/c1-15-6-9-17(10-7-15)18(14-29-22(23)24)21(26)25-12-4-5-16-8-11-19(27-2)20(13-16)28-3/h6-11,13-14,22H,4-5,12H2,1-3H3,(H,25,26). The van der Waals surface area contributed by atoms with Gasteiger partial charge >= 0.3 is 6.61 Å². The molecule has 2 aromatic rings. The average Bonchev–Trinajstić information content (AvgIpc) is 2.72. The van der Waals surface area contributed by atoms with E-state index in [0.29, 0.717) is 36.4 Å². The number of halogens is 2. The molecule has 0 spiro atoms. The summed E-state index contributed by atoms with van der Waals surface area (Å²) in [5.41, 5.74) is 2.59. The first-order valence-corrected chi connectivity index (χ1v) is 9.14. The number of amides is 1. The second-order valence-corrected chi connectivity index (χ2v) is 6.34. The molecule has 0 radical (unpaired) electrons. The van der Waals surface area contributed by atoms with Crippen molar-refractivity contribution < 1.29 is 27.8 Å². The third kappa shape index (κ3) is 6.78. The summed E-state index contributed by atoms with van der Waals surface area (Å²) in [4.78, 5) is 12.5. The third-order valence-electron chi connectivity index (χ3n) is 4.27. The molecule has 1 amide bonds. The Hall–Kier alpha value is -3.09. The molecule has 2 aromatic carbocycles. The summed E-state index contributed by atoms with van der Waals surface area (Å²) in [6.45, 7) is -0.712. The number of nitrogens with one attached hydrogen (secondary N) is 1. The van der Waals surface area contributed by atoms with Gasteiger partial charge in [-0.3, -0.25) is 4.79 Å². The molecule has 156 valence electrons. The van der Waals surface area contributed by atoms with Gasteiger partial charge in [-0.25, -0.2) is 0 Å². The molecule has 0 heterocycles. The van der Waals surface area contributed by atoms with E-state index in [2.05, 4.69) is 10.1 Å². The Morgan fingerprint density at radius 3 is 2.38 bits per heavy atom. The molecule has 0 saturated carbocycles. The molecular formula is C22H25F2NO4. The van der Waals surface area contributed by atoms with Crippen molar-refractivity contribution >= 4 is 11.5 Å². The first-order chi connectivity index (χ1) is 13.9. The number of benzene rings is 2. The highest BCUT2D eigenvalue weighted by Gasteiger charge is 2.14. The summed E-state index contributed by atoms with van der Waals surface area (Å²) < 4.78 is 39.6. The van der Waals surface area contributed by atoms with E-state index in [0.717, 1.165) is 17.4 Å². The van der Waals surface area contributed by atoms with Gasteiger partial charge in [0, 0.05) is 6.54 Å². The van der Waals surface area contributed by atoms with Gasteiger partial charge < -0.3 is 19.5 Å². The smallest absolute Gasteiger partial charge is 0.386 e. The van der Waals surface area contributed by atoms with Gasteiger partial charge in [-0.1, -0.05) is 35.9 Å². The lowest BCUT2D eigenvalue weighted by Gasteiger charge is -2.11. The molecule has 2 rings (SSSR count). The minimum absolute atomic E-state index is 0.0522. The minimum atomic E-state index is -2.99. The van der Waals surface area contributed by atoms with E-state index in [1.807, 2.05) is 25.1 Å². The normalized spacial score (nSPS) is 11.3. The fraction of sp³-hybridized carbons (Fsp3) is 0.318. The Bertz CT molecular complexity index is 835. The summed E-state index contributed by atoms with van der Waals surface area (Å²) in [5.74, 6) is 0.820. The number of carbonyl (C=O) groups is 1. The van der Waals surface area contributed by atoms with Crippen LogP contribution in [0.25, 0.3) is 5.57 Å². The number of ether oxygens (including phenoxy) is 3. The molecule has 0 aromatic heterocycles. The zero-order valence-electron chi connectivity index (χ0n) is 16.7. The molecule has 1 N–H and O–H groups in total. The molecule has 0 aliphatic rings. The van der Waals surface area contributed by atoms with Gasteiger partial charge in [0.05, 0.1) is 19.8 Å². The molecule has 0 unspecified atom stereocenters. The molecule has 0 aliphatic heterocycles. The second kappa shape index (κ2) is 11.0. The van der Waals surface area contributed by atoms with Crippen LogP contribution >= 0.6 is 0 Å². The first-order valence-electron chi connectivity index (χ1n) is 9.14. The molecule has 29 heavy (non-hydrogen) atoms. The van der Waals surface area contributed by atoms with Crippen LogP contribution in [-0.2, 0) is 16.0 Å². The molecule has 0 saturated heterocycles. The van der Waals surface area contributed by atoms with E-state index in [-0.39, 0.29) is 5.57 Å². The summed E-state index contributed by atoms with van der Waals surface area (Å²) in [5, 5.41) is 2.75. The molecule has 0 bridgehead atoms. The van der Waals surface area contributed by atoms with E-state index >= 15 is 0 Å². The number of aryl methyl sites for hydroxylation is 2. The fourth-order valence-corrected chi connectivity index (χ4v) is 2.73. The lowest BCUT2D eigenvalue weighted by atomic mass is 10.0. The number of hydrogen-bond donors (Lipinski definition) is 1. The predicted octanol–water partition coefficient (Wildman–Crippen LogP) is 4.34. The average molecular weight is 405 g/mol. The maximum atomic E-state index is 12.5. The zero-order valence-corrected chi connectivity index (χ0v) is 16.7. The lowest BCUT2D eigenvalue weighted by Crippen LogP contribution is -2.26. The highest BCUT2D eigenvalue weighted by molar-refractivity contribution is 6.19. The van der Waals surface area contributed by atoms with Crippen LogP contribution in [-0.4, -0.2) is 33.3 Å². The number of carbonyl (C=O) groups excluding carboxylic acids is 1. The fourth-order valence-electron chi connectivity index (χ4n) is 2.73. The maximum Gasteiger partial charge on any atom is 0.386 e. The van der Waals surface area contributed by atoms with Gasteiger partial charge in [-0.2, -0.15) is 8.78 Å². The number of hydrogen-bond acceptors (Lipinski definition) is 4. The SMILES string of the molecule is COc1ccc(CCCNC(=O)C(=COC(F)F)c2ccc(C)cc2)cc1OC. The zero-order chi connectivity index (χ0) is 21.2. The molecule has 0 fully saturated rings. The largest absolute Gasteiger partial charge is 0.493 e. The second-order valence-electron chi connectivity index (χ2n) is 6.34. The topological polar surface area (TPSA) is 56.8 Å². The maximum absolute atomic E-state index is 12.5. The number of methoxy groups -OCH3 is 2. The molecular weight excluding hydrogens is 380 g/mol. The van der Waals surface area contributed by atoms with Crippen LogP contribution < -0.4 is 14.8 Å². The van der Waals surface area contributed by atoms with Gasteiger partial charge in [0.1, 0.15) is 6.26 Å². The van der Waals surface area contributed by atoms with Crippen LogP contribution in [0.5, 0.6) is 11.5 Å². The van der Waals surface area contributed by atoms with E-state index in [1.54, 1.807) is 38.5 Å². The lowest BCUT2D eigenvalue weighted by molar-refractivity contribution is -0.116. The van der Waals surface area contributed by atoms with Gasteiger partial charge in [-0.15, -0.1) is 0 Å². The van der Waals surface area contributed by atoms with Crippen molar-refractivity contribution in [2.75, 3.05) is 20.8 Å². The van der Waals surface area contributed by atoms with Crippen molar-refractivity contribution in [1.29, 1.82) is 0 Å². The quantitative estimate of drug-likeness (QED) is 0.363. The van der Waals surface area contributed by atoms with Gasteiger partial charge in [0.25, 0.3) is 5.91 Å². The molecule has 0 aliphatic carbocycles. The predicted molar refractivity (Wildman–Crippen MR) is 107 cm³/mol. The summed E-state index contributed by atoms with van der Waals surface area (Å²) in [6.07, 6.45) is 2.18. The Kier molecular flexibility index (Phi) is 8.45. The monoisotopic (exact) mass is 405 g/mol. The molecule has 5 nitrogen and oxygen atoms in total. The van der Waals surface area contributed by atoms with Crippen LogP contribution in [0.15, 0.2) is 48.7 Å². The van der Waals surface area contributed by atoms with Crippen LogP contribution in [0.3, 0.4) is 0 Å². The van der Waals surface area contributed by atoms with Crippen molar-refractivity contribution in [2.45, 2.75) is 26.4 Å². The van der Waals surface area contributed by atoms with E-state index < -0.39 is 12.5 Å². The van der Waals surface area contributed by atoms with Gasteiger partial charge in [0.2, 0.25) is 0 Å². The highest BCUT2D eigenvalue weighted by Crippen LogP contribution is 2.27. The van der Waals surface area contributed by atoms with Crippen LogP contribution in [0.4, 0.5) is 8.78 Å². The van der Waals surface area contributed by atoms with Gasteiger partial charge in [0.15, 0.2) is 11.5 Å².